The smallest absolute Gasteiger partial charge is 0.280 e. The van der Waals surface area contributed by atoms with Gasteiger partial charge in [-0.05, 0) is 6.07 Å². The molecule has 0 saturated heterocycles. The zero-order valence-corrected chi connectivity index (χ0v) is 7.58. The van der Waals surface area contributed by atoms with Gasteiger partial charge in [-0.25, -0.2) is 13.8 Å². The second-order valence-corrected chi connectivity index (χ2v) is 2.69. The van der Waals surface area contributed by atoms with E-state index >= 15 is 0 Å². The van der Waals surface area contributed by atoms with E-state index < -0.39 is 12.1 Å². The molecule has 0 unspecified atom stereocenters. The lowest BCUT2D eigenvalue weighted by Gasteiger charge is -2.06. The first-order chi connectivity index (χ1) is 7.13. The Morgan fingerprint density at radius 2 is 2.33 bits per heavy atom. The summed E-state index contributed by atoms with van der Waals surface area (Å²) in [7, 11) is 0. The Labute approximate surface area is 84.3 Å². The number of aromatic nitrogens is 1. The molecule has 2 N–H and O–H groups in total. The third-order valence-corrected chi connectivity index (χ3v) is 1.80. The zero-order chi connectivity index (χ0) is 11.4. The summed E-state index contributed by atoms with van der Waals surface area (Å²) in [6.45, 7) is -0.162. The van der Waals surface area contributed by atoms with Gasteiger partial charge in [-0.15, -0.1) is 0 Å². The van der Waals surface area contributed by atoms with Gasteiger partial charge in [0, 0.05) is 12.1 Å². The van der Waals surface area contributed by atoms with Gasteiger partial charge in [0.2, 0.25) is 0 Å². The molecular formula is C9H7F2N3O. The van der Waals surface area contributed by atoms with E-state index in [1.165, 1.54) is 0 Å². The summed E-state index contributed by atoms with van der Waals surface area (Å²) in [5.74, 6) is 0. The Bertz CT molecular complexity index is 426. The van der Waals surface area contributed by atoms with Crippen molar-refractivity contribution in [1.29, 1.82) is 5.26 Å². The monoisotopic (exact) mass is 211 g/mol. The summed E-state index contributed by atoms with van der Waals surface area (Å²) in [5, 5.41) is 8.70. The number of pyridine rings is 1. The molecule has 0 fully saturated rings. The maximum absolute atomic E-state index is 12.3. The first-order valence-corrected chi connectivity index (χ1v) is 4.01. The maximum Gasteiger partial charge on any atom is 0.280 e. The number of carbonyl (C=O) groups is 1. The highest BCUT2D eigenvalue weighted by Crippen LogP contribution is 2.20. The predicted molar refractivity (Wildman–Crippen MR) is 47.2 cm³/mol. The van der Waals surface area contributed by atoms with E-state index in [-0.39, 0.29) is 23.4 Å². The Balaban J connectivity index is 3.44. The Morgan fingerprint density at radius 3 is 2.73 bits per heavy atom. The van der Waals surface area contributed by atoms with Crippen LogP contribution in [0, 0.1) is 11.3 Å². The molecule has 0 aliphatic heterocycles. The lowest BCUT2D eigenvalue weighted by Crippen LogP contribution is -2.08. The van der Waals surface area contributed by atoms with E-state index in [1.807, 2.05) is 0 Å². The summed E-state index contributed by atoms with van der Waals surface area (Å²) in [4.78, 5) is 14.1. The van der Waals surface area contributed by atoms with Crippen LogP contribution in [0.1, 0.15) is 33.7 Å². The zero-order valence-electron chi connectivity index (χ0n) is 7.58. The van der Waals surface area contributed by atoms with Gasteiger partial charge < -0.3 is 5.73 Å². The van der Waals surface area contributed by atoms with E-state index in [4.69, 9.17) is 11.0 Å². The van der Waals surface area contributed by atoms with Gasteiger partial charge in [-0.3, -0.25) is 4.79 Å². The van der Waals surface area contributed by atoms with Crippen LogP contribution in [0.5, 0.6) is 0 Å². The van der Waals surface area contributed by atoms with Crippen LogP contribution in [0.3, 0.4) is 0 Å². The lowest BCUT2D eigenvalue weighted by molar-refractivity contribution is 0.112. The number of aldehydes is 1. The number of hydrogen-bond acceptors (Lipinski definition) is 4. The molecule has 4 nitrogen and oxygen atoms in total. The fourth-order valence-electron chi connectivity index (χ4n) is 1.12. The van der Waals surface area contributed by atoms with Crippen LogP contribution >= 0.6 is 0 Å². The average molecular weight is 211 g/mol. The standard InChI is InChI=1S/C9H7F2N3O/c10-9(11)7-1-5(4-15)6(2-12)8(3-13)14-7/h1,4,9H,3,13H2. The number of halogens is 2. The topological polar surface area (TPSA) is 79.8 Å². The molecular weight excluding hydrogens is 204 g/mol. The van der Waals surface area contributed by atoms with E-state index in [9.17, 15) is 13.6 Å². The molecule has 0 bridgehead atoms. The van der Waals surface area contributed by atoms with Crippen molar-refractivity contribution in [3.63, 3.8) is 0 Å². The minimum Gasteiger partial charge on any atom is -0.325 e. The normalized spacial score (nSPS) is 10.1. The van der Waals surface area contributed by atoms with Gasteiger partial charge in [0.25, 0.3) is 6.43 Å². The fraction of sp³-hybridized carbons (Fsp3) is 0.222. The van der Waals surface area contributed by atoms with Gasteiger partial charge >= 0.3 is 0 Å². The van der Waals surface area contributed by atoms with Gasteiger partial charge in [-0.2, -0.15) is 5.26 Å². The molecule has 0 aromatic carbocycles. The molecule has 78 valence electrons. The van der Waals surface area contributed by atoms with Crippen molar-refractivity contribution >= 4 is 6.29 Å². The van der Waals surface area contributed by atoms with E-state index in [1.54, 1.807) is 6.07 Å². The predicted octanol–water partition coefficient (Wildman–Crippen LogP) is 1.16. The van der Waals surface area contributed by atoms with Gasteiger partial charge in [0.05, 0.1) is 11.3 Å². The van der Waals surface area contributed by atoms with Crippen molar-refractivity contribution in [2.45, 2.75) is 13.0 Å². The number of hydrogen-bond donors (Lipinski definition) is 1. The Kier molecular flexibility index (Phi) is 3.42. The van der Waals surface area contributed by atoms with Crippen molar-refractivity contribution in [2.75, 3.05) is 0 Å². The summed E-state index contributed by atoms with van der Waals surface area (Å²) >= 11 is 0. The third kappa shape index (κ3) is 2.14. The molecule has 0 radical (unpaired) electrons. The van der Waals surface area contributed by atoms with Gasteiger partial charge in [-0.1, -0.05) is 0 Å². The van der Waals surface area contributed by atoms with Crippen LogP contribution in [0.25, 0.3) is 0 Å². The highest BCUT2D eigenvalue weighted by atomic mass is 19.3. The quantitative estimate of drug-likeness (QED) is 0.761. The molecule has 1 heterocycles. The number of nitrogens with zero attached hydrogens (tertiary/aromatic N) is 2. The summed E-state index contributed by atoms with van der Waals surface area (Å²) < 4.78 is 24.7. The average Bonchev–Trinajstić information content (AvgIpc) is 2.26. The highest BCUT2D eigenvalue weighted by Gasteiger charge is 2.16. The molecule has 0 aliphatic rings. The second-order valence-electron chi connectivity index (χ2n) is 2.69. The number of carbonyl (C=O) groups excluding carboxylic acids is 1. The molecule has 6 heteroatoms. The van der Waals surface area contributed by atoms with Gasteiger partial charge in [0.15, 0.2) is 6.29 Å². The van der Waals surface area contributed by atoms with Crippen molar-refractivity contribution in [3.05, 3.63) is 28.6 Å². The van der Waals surface area contributed by atoms with Gasteiger partial charge in [0.1, 0.15) is 11.8 Å². The second kappa shape index (κ2) is 4.57. The van der Waals surface area contributed by atoms with Crippen LogP contribution < -0.4 is 5.73 Å². The van der Waals surface area contributed by atoms with Crippen molar-refractivity contribution < 1.29 is 13.6 Å². The third-order valence-electron chi connectivity index (χ3n) is 1.80. The minimum absolute atomic E-state index is 0.0115. The highest BCUT2D eigenvalue weighted by molar-refractivity contribution is 5.79. The number of nitrogens with two attached hydrogens (primary N) is 1. The Hall–Kier alpha value is -1.87. The maximum atomic E-state index is 12.3. The SMILES string of the molecule is N#Cc1c(C=O)cc(C(F)F)nc1CN. The molecule has 0 aliphatic carbocycles. The van der Waals surface area contributed by atoms with E-state index in [0.717, 1.165) is 6.07 Å². The molecule has 0 spiro atoms. The number of rotatable bonds is 3. The largest absolute Gasteiger partial charge is 0.325 e. The van der Waals surface area contributed by atoms with Crippen LogP contribution in [0.2, 0.25) is 0 Å². The molecule has 15 heavy (non-hydrogen) atoms. The van der Waals surface area contributed by atoms with Crippen LogP contribution in [-0.4, -0.2) is 11.3 Å². The van der Waals surface area contributed by atoms with Crippen molar-refractivity contribution in [3.8, 4) is 6.07 Å². The first kappa shape index (κ1) is 11.2. The van der Waals surface area contributed by atoms with Crippen molar-refractivity contribution in [2.24, 2.45) is 5.73 Å². The van der Waals surface area contributed by atoms with Crippen LogP contribution in [0.4, 0.5) is 8.78 Å². The molecule has 1 aromatic heterocycles. The van der Waals surface area contributed by atoms with Crippen LogP contribution in [0.15, 0.2) is 6.07 Å². The molecule has 0 saturated carbocycles. The minimum atomic E-state index is -2.79. The van der Waals surface area contributed by atoms with Crippen LogP contribution in [-0.2, 0) is 6.54 Å². The number of alkyl halides is 2. The lowest BCUT2D eigenvalue weighted by atomic mass is 10.1. The summed E-state index contributed by atoms with van der Waals surface area (Å²) in [6.07, 6.45) is -2.45. The summed E-state index contributed by atoms with van der Waals surface area (Å²) in [5.41, 5.74) is 4.56. The van der Waals surface area contributed by atoms with E-state index in [2.05, 4.69) is 4.98 Å². The first-order valence-electron chi connectivity index (χ1n) is 4.01. The fourth-order valence-corrected chi connectivity index (χ4v) is 1.12. The van der Waals surface area contributed by atoms with E-state index in [0.29, 0.717) is 6.29 Å². The van der Waals surface area contributed by atoms with Crippen molar-refractivity contribution in [1.82, 2.24) is 4.98 Å². The molecule has 1 rings (SSSR count). The molecule has 1 aromatic rings. The molecule has 0 amide bonds. The summed E-state index contributed by atoms with van der Waals surface area (Å²) in [6, 6.07) is 2.61. The Morgan fingerprint density at radius 1 is 1.67 bits per heavy atom. The molecule has 0 atom stereocenters. The number of nitriles is 1.